The Morgan fingerprint density at radius 2 is 1.71 bits per heavy atom. The number of aryl methyl sites for hydroxylation is 1. The lowest BCUT2D eigenvalue weighted by atomic mass is 10.2. The first-order valence-electron chi connectivity index (χ1n) is 9.81. The molecular weight excluding hydrogens is 352 g/mol. The summed E-state index contributed by atoms with van der Waals surface area (Å²) < 4.78 is 7.22. The summed E-state index contributed by atoms with van der Waals surface area (Å²) in [7, 11) is 1.72. The molecule has 0 N–H and O–H groups in total. The molecule has 0 bridgehead atoms. The van der Waals surface area contributed by atoms with Crippen molar-refractivity contribution in [3.63, 3.8) is 0 Å². The lowest BCUT2D eigenvalue weighted by Crippen LogP contribution is -2.46. The Kier molecular flexibility index (Phi) is 5.58. The van der Waals surface area contributed by atoms with Crippen LogP contribution >= 0.6 is 0 Å². The number of benzene rings is 2. The van der Waals surface area contributed by atoms with E-state index in [4.69, 9.17) is 4.74 Å². The van der Waals surface area contributed by atoms with Crippen LogP contribution in [0, 0.1) is 0 Å². The third kappa shape index (κ3) is 3.87. The van der Waals surface area contributed by atoms with Gasteiger partial charge in [-0.2, -0.15) is 0 Å². The number of hydrogen-bond donors (Lipinski definition) is 0. The van der Waals surface area contributed by atoms with Gasteiger partial charge in [0.15, 0.2) is 0 Å². The molecule has 146 valence electrons. The molecule has 0 amide bonds. The summed E-state index contributed by atoms with van der Waals surface area (Å²) in [6.07, 6.45) is 2.61. The number of hydrogen-bond acceptors (Lipinski definition) is 5. The third-order valence-corrected chi connectivity index (χ3v) is 5.40. The van der Waals surface area contributed by atoms with Gasteiger partial charge in [0.25, 0.3) is 5.56 Å². The number of methoxy groups -OCH3 is 1. The number of rotatable bonds is 6. The zero-order valence-electron chi connectivity index (χ0n) is 16.3. The molecule has 0 spiro atoms. The van der Waals surface area contributed by atoms with E-state index in [0.29, 0.717) is 11.9 Å². The summed E-state index contributed by atoms with van der Waals surface area (Å²) in [5.41, 5.74) is 1.97. The van der Waals surface area contributed by atoms with Crippen molar-refractivity contribution in [1.82, 2.24) is 14.5 Å². The second kappa shape index (κ2) is 8.44. The van der Waals surface area contributed by atoms with Crippen LogP contribution in [0.25, 0.3) is 10.9 Å². The molecule has 2 aromatic carbocycles. The summed E-state index contributed by atoms with van der Waals surface area (Å²) in [5, 5.41) is 0.690. The fraction of sp³-hybridized carbons (Fsp3) is 0.364. The van der Waals surface area contributed by atoms with Crippen LogP contribution in [0.2, 0.25) is 0 Å². The van der Waals surface area contributed by atoms with E-state index in [1.807, 2.05) is 36.4 Å². The lowest BCUT2D eigenvalue weighted by Gasteiger charge is -2.36. The Morgan fingerprint density at radius 3 is 2.54 bits per heavy atom. The van der Waals surface area contributed by atoms with E-state index in [2.05, 4.69) is 26.9 Å². The number of nitrogens with zero attached hydrogens (tertiary/aromatic N) is 4. The Balaban J connectivity index is 1.30. The fourth-order valence-electron chi connectivity index (χ4n) is 3.83. The lowest BCUT2D eigenvalue weighted by molar-refractivity contribution is 0.249. The number of ether oxygens (including phenoxy) is 1. The van der Waals surface area contributed by atoms with Gasteiger partial charge in [0.2, 0.25) is 0 Å². The van der Waals surface area contributed by atoms with E-state index < -0.39 is 0 Å². The highest BCUT2D eigenvalue weighted by molar-refractivity contribution is 5.76. The highest BCUT2D eigenvalue weighted by Gasteiger charge is 2.19. The van der Waals surface area contributed by atoms with E-state index in [9.17, 15) is 4.79 Å². The zero-order valence-corrected chi connectivity index (χ0v) is 16.3. The summed E-state index contributed by atoms with van der Waals surface area (Å²) >= 11 is 0. The fourth-order valence-corrected chi connectivity index (χ4v) is 3.83. The number of piperazine rings is 1. The Hall–Kier alpha value is -2.86. The van der Waals surface area contributed by atoms with Crippen molar-refractivity contribution in [1.29, 1.82) is 0 Å². The van der Waals surface area contributed by atoms with Gasteiger partial charge >= 0.3 is 0 Å². The summed E-state index contributed by atoms with van der Waals surface area (Å²) in [6.45, 7) is 5.68. The first-order chi connectivity index (χ1) is 13.8. The molecule has 2 heterocycles. The summed E-state index contributed by atoms with van der Waals surface area (Å²) in [5.74, 6) is 0.930. The smallest absolute Gasteiger partial charge is 0.261 e. The topological polar surface area (TPSA) is 50.6 Å². The molecule has 3 aromatic rings. The van der Waals surface area contributed by atoms with Crippen LogP contribution < -0.4 is 15.2 Å². The van der Waals surface area contributed by atoms with Crippen LogP contribution in [-0.4, -0.2) is 54.3 Å². The molecule has 0 saturated carbocycles. The zero-order chi connectivity index (χ0) is 19.3. The number of anilines is 1. The molecular formula is C22H26N4O2. The second-order valence-corrected chi connectivity index (χ2v) is 7.11. The van der Waals surface area contributed by atoms with E-state index in [0.717, 1.165) is 50.4 Å². The SMILES string of the molecule is COc1ccccc1N1CCN(CCCn2cnc3ccccc3c2=O)CC1. The quantitative estimate of drug-likeness (QED) is 0.660. The van der Waals surface area contributed by atoms with Crippen molar-refractivity contribution >= 4 is 16.6 Å². The van der Waals surface area contributed by atoms with Crippen molar-refractivity contribution in [3.05, 3.63) is 65.2 Å². The Bertz CT molecular complexity index is 993. The number of aromatic nitrogens is 2. The van der Waals surface area contributed by atoms with E-state index in [1.165, 1.54) is 5.69 Å². The first kappa shape index (κ1) is 18.5. The van der Waals surface area contributed by atoms with Crippen LogP contribution in [0.1, 0.15) is 6.42 Å². The molecule has 1 aliphatic rings. The molecule has 1 saturated heterocycles. The van der Waals surface area contributed by atoms with Crippen molar-refractivity contribution in [3.8, 4) is 5.75 Å². The highest BCUT2D eigenvalue weighted by atomic mass is 16.5. The van der Waals surface area contributed by atoms with Crippen molar-refractivity contribution < 1.29 is 4.74 Å². The molecule has 0 atom stereocenters. The molecule has 0 aliphatic carbocycles. The van der Waals surface area contributed by atoms with Crippen LogP contribution in [0.15, 0.2) is 59.7 Å². The molecule has 1 aromatic heterocycles. The summed E-state index contributed by atoms with van der Waals surface area (Å²) in [6, 6.07) is 15.7. The molecule has 6 heteroatoms. The molecule has 0 radical (unpaired) electrons. The molecule has 4 rings (SSSR count). The van der Waals surface area contributed by atoms with Crippen LogP contribution in [-0.2, 0) is 6.54 Å². The maximum atomic E-state index is 12.6. The van der Waals surface area contributed by atoms with Crippen LogP contribution in [0.3, 0.4) is 0 Å². The average molecular weight is 378 g/mol. The van der Waals surface area contributed by atoms with Gasteiger partial charge in [0.1, 0.15) is 5.75 Å². The van der Waals surface area contributed by atoms with Crippen LogP contribution in [0.5, 0.6) is 5.75 Å². The third-order valence-electron chi connectivity index (χ3n) is 5.40. The predicted molar refractivity (Wildman–Crippen MR) is 112 cm³/mol. The van der Waals surface area contributed by atoms with E-state index in [-0.39, 0.29) is 5.56 Å². The van der Waals surface area contributed by atoms with E-state index >= 15 is 0 Å². The monoisotopic (exact) mass is 378 g/mol. The van der Waals surface area contributed by atoms with Gasteiger partial charge in [-0.15, -0.1) is 0 Å². The normalized spacial score (nSPS) is 15.1. The molecule has 1 fully saturated rings. The van der Waals surface area contributed by atoms with Gasteiger partial charge in [-0.05, 0) is 37.2 Å². The van der Waals surface area contributed by atoms with Gasteiger partial charge in [-0.25, -0.2) is 4.98 Å². The molecule has 6 nitrogen and oxygen atoms in total. The maximum absolute atomic E-state index is 12.6. The van der Waals surface area contributed by atoms with Gasteiger partial charge < -0.3 is 9.64 Å². The minimum Gasteiger partial charge on any atom is -0.495 e. The number of para-hydroxylation sites is 3. The van der Waals surface area contributed by atoms with Gasteiger partial charge in [0, 0.05) is 32.7 Å². The highest BCUT2D eigenvalue weighted by Crippen LogP contribution is 2.28. The number of fused-ring (bicyclic) bond motifs is 1. The Labute approximate surface area is 165 Å². The van der Waals surface area contributed by atoms with E-state index in [1.54, 1.807) is 18.0 Å². The second-order valence-electron chi connectivity index (χ2n) is 7.11. The maximum Gasteiger partial charge on any atom is 0.261 e. The first-order valence-corrected chi connectivity index (χ1v) is 9.81. The summed E-state index contributed by atoms with van der Waals surface area (Å²) in [4.78, 5) is 21.8. The largest absolute Gasteiger partial charge is 0.495 e. The predicted octanol–water partition coefficient (Wildman–Crippen LogP) is 2.62. The van der Waals surface area contributed by atoms with Crippen LogP contribution in [0.4, 0.5) is 5.69 Å². The average Bonchev–Trinajstić information content (AvgIpc) is 2.76. The minimum atomic E-state index is 0.0478. The standard InChI is InChI=1S/C22H26N4O2/c1-28-21-10-5-4-9-20(21)25-15-13-24(14-16-25)11-6-12-26-17-23-19-8-3-2-7-18(19)22(26)27/h2-5,7-10,17H,6,11-16H2,1H3. The van der Waals surface area contributed by atoms with Gasteiger partial charge in [-0.3, -0.25) is 14.3 Å². The van der Waals surface area contributed by atoms with Crippen molar-refractivity contribution in [2.75, 3.05) is 44.7 Å². The molecule has 1 aliphatic heterocycles. The van der Waals surface area contributed by atoms with Crippen molar-refractivity contribution in [2.24, 2.45) is 0 Å². The van der Waals surface area contributed by atoms with Gasteiger partial charge in [-0.1, -0.05) is 24.3 Å². The van der Waals surface area contributed by atoms with Gasteiger partial charge in [0.05, 0.1) is 30.0 Å². The molecule has 0 unspecified atom stereocenters. The Morgan fingerprint density at radius 1 is 0.964 bits per heavy atom. The van der Waals surface area contributed by atoms with Crippen molar-refractivity contribution in [2.45, 2.75) is 13.0 Å². The molecule has 28 heavy (non-hydrogen) atoms. The minimum absolute atomic E-state index is 0.0478.